The molecule has 0 aliphatic carbocycles. The smallest absolute Gasteiger partial charge is 0.220 e. The number of Topliss-reactive ketones (excluding diaryl/α,β-unsaturated/α-hetero) is 1. The van der Waals surface area contributed by atoms with Crippen molar-refractivity contribution in [2.24, 2.45) is 0 Å². The van der Waals surface area contributed by atoms with Crippen molar-refractivity contribution in [3.63, 3.8) is 0 Å². The van der Waals surface area contributed by atoms with Gasteiger partial charge >= 0.3 is 0 Å². The van der Waals surface area contributed by atoms with Crippen molar-refractivity contribution in [3.8, 4) is 17.2 Å². The normalized spacial score (nSPS) is 16.6. The molecule has 2 N–H and O–H groups in total. The van der Waals surface area contributed by atoms with E-state index in [0.717, 1.165) is 25.9 Å². The predicted octanol–water partition coefficient (Wildman–Crippen LogP) is 3.15. The van der Waals surface area contributed by atoms with Crippen molar-refractivity contribution in [2.45, 2.75) is 44.2 Å². The number of rotatable bonds is 14. The second-order valence-corrected chi connectivity index (χ2v) is 9.67. The van der Waals surface area contributed by atoms with Crippen molar-refractivity contribution in [2.75, 3.05) is 53.2 Å². The first-order valence-electron chi connectivity index (χ1n) is 13.4. The van der Waals surface area contributed by atoms with Crippen molar-refractivity contribution in [3.05, 3.63) is 53.6 Å². The summed E-state index contributed by atoms with van der Waals surface area (Å²) in [6.45, 7) is 4.36. The molecule has 2 aliphatic heterocycles. The van der Waals surface area contributed by atoms with Crippen LogP contribution < -0.4 is 19.5 Å². The van der Waals surface area contributed by atoms with Crippen LogP contribution in [-0.4, -0.2) is 80.9 Å². The van der Waals surface area contributed by atoms with E-state index in [1.165, 1.54) is 0 Å². The average Bonchev–Trinajstić information content (AvgIpc) is 3.45. The average molecular weight is 527 g/mol. The molecule has 0 spiro atoms. The van der Waals surface area contributed by atoms with Gasteiger partial charge in [-0.25, -0.2) is 0 Å². The third kappa shape index (κ3) is 7.93. The molecule has 2 aromatic rings. The molecular weight excluding hydrogens is 488 g/mol. The van der Waals surface area contributed by atoms with E-state index in [9.17, 15) is 14.7 Å². The third-order valence-corrected chi connectivity index (χ3v) is 6.83. The number of aliphatic hydroxyl groups excluding tert-OH is 1. The Hall–Kier alpha value is -3.14. The minimum atomic E-state index is -0.901. The van der Waals surface area contributed by atoms with E-state index in [2.05, 4.69) is 10.2 Å². The number of carbonyl (C=O) groups excluding carboxylic acids is 2. The SMILES string of the molecule is COCCOc1ccc(C(=O)CCCC(=O)NC(CN2CCCC2)C(O)c2ccc3c(c2)OCCO3)cc1. The molecule has 0 bridgehead atoms. The molecule has 0 aromatic heterocycles. The lowest BCUT2D eigenvalue weighted by Crippen LogP contribution is -2.46. The number of amides is 1. The van der Waals surface area contributed by atoms with Gasteiger partial charge in [-0.2, -0.15) is 0 Å². The van der Waals surface area contributed by atoms with Crippen LogP contribution in [0.5, 0.6) is 17.2 Å². The molecule has 2 aliphatic rings. The van der Waals surface area contributed by atoms with Crippen LogP contribution in [0.25, 0.3) is 0 Å². The highest BCUT2D eigenvalue weighted by Gasteiger charge is 2.28. The van der Waals surface area contributed by atoms with E-state index in [-0.39, 0.29) is 24.5 Å². The topological polar surface area (TPSA) is 107 Å². The zero-order chi connectivity index (χ0) is 26.7. The lowest BCUT2D eigenvalue weighted by Gasteiger charge is -2.29. The number of nitrogens with one attached hydrogen (secondary N) is 1. The van der Waals surface area contributed by atoms with Crippen LogP contribution in [-0.2, 0) is 9.53 Å². The fourth-order valence-electron chi connectivity index (χ4n) is 4.76. The van der Waals surface area contributed by atoms with Gasteiger partial charge in [0.2, 0.25) is 5.91 Å². The van der Waals surface area contributed by atoms with Gasteiger partial charge in [0.05, 0.1) is 12.6 Å². The predicted molar refractivity (Wildman–Crippen MR) is 142 cm³/mol. The maximum absolute atomic E-state index is 12.9. The maximum atomic E-state index is 12.9. The van der Waals surface area contributed by atoms with Gasteiger partial charge in [0.1, 0.15) is 31.7 Å². The zero-order valence-electron chi connectivity index (χ0n) is 22.0. The van der Waals surface area contributed by atoms with Gasteiger partial charge in [-0.1, -0.05) is 6.07 Å². The van der Waals surface area contributed by atoms with Gasteiger partial charge in [0.15, 0.2) is 17.3 Å². The lowest BCUT2D eigenvalue weighted by molar-refractivity contribution is -0.123. The number of ketones is 1. The minimum absolute atomic E-state index is 0.0221. The number of benzene rings is 2. The molecule has 0 radical (unpaired) electrons. The number of nitrogens with zero attached hydrogens (tertiary/aromatic N) is 1. The Morgan fingerprint density at radius 1 is 1.00 bits per heavy atom. The van der Waals surface area contributed by atoms with Gasteiger partial charge in [0.25, 0.3) is 0 Å². The Bertz CT molecular complexity index is 1050. The van der Waals surface area contributed by atoms with Gasteiger partial charge in [-0.15, -0.1) is 0 Å². The molecule has 2 unspecified atom stereocenters. The number of methoxy groups -OCH3 is 1. The standard InChI is InChI=1S/C29H38N2O7/c1-35-15-16-36-23-10-7-21(8-11-23)25(32)5-4-6-28(33)30-24(20-31-13-2-3-14-31)29(34)22-9-12-26-27(19-22)38-18-17-37-26/h7-12,19,24,29,34H,2-6,13-18,20H2,1H3,(H,30,33). The van der Waals surface area contributed by atoms with Crippen molar-refractivity contribution in [1.82, 2.24) is 10.2 Å². The zero-order valence-corrected chi connectivity index (χ0v) is 22.0. The molecule has 9 nitrogen and oxygen atoms in total. The molecule has 206 valence electrons. The Kier molecular flexibility index (Phi) is 10.4. The summed E-state index contributed by atoms with van der Waals surface area (Å²) in [5.74, 6) is 1.74. The Morgan fingerprint density at radius 3 is 2.47 bits per heavy atom. The van der Waals surface area contributed by atoms with Crippen LogP contribution in [0, 0.1) is 0 Å². The quantitative estimate of drug-likeness (QED) is 0.286. The van der Waals surface area contributed by atoms with Crippen LogP contribution >= 0.6 is 0 Å². The van der Waals surface area contributed by atoms with E-state index in [1.807, 2.05) is 6.07 Å². The van der Waals surface area contributed by atoms with E-state index in [1.54, 1.807) is 43.5 Å². The fraction of sp³-hybridized carbons (Fsp3) is 0.517. The summed E-state index contributed by atoms with van der Waals surface area (Å²) in [5, 5.41) is 14.3. The van der Waals surface area contributed by atoms with Gasteiger partial charge in [0, 0.05) is 32.1 Å². The van der Waals surface area contributed by atoms with Gasteiger partial charge in [-0.3, -0.25) is 9.59 Å². The Balaban J connectivity index is 1.29. The summed E-state index contributed by atoms with van der Waals surface area (Å²) in [4.78, 5) is 27.7. The van der Waals surface area contributed by atoms with Gasteiger partial charge < -0.3 is 34.3 Å². The summed E-state index contributed by atoms with van der Waals surface area (Å²) in [7, 11) is 1.61. The number of likely N-dealkylation sites (tertiary alicyclic amines) is 1. The minimum Gasteiger partial charge on any atom is -0.491 e. The number of fused-ring (bicyclic) bond motifs is 1. The maximum Gasteiger partial charge on any atom is 0.220 e. The van der Waals surface area contributed by atoms with Crippen molar-refractivity contribution >= 4 is 11.7 Å². The van der Waals surface area contributed by atoms with Crippen LogP contribution in [0.4, 0.5) is 0 Å². The summed E-state index contributed by atoms with van der Waals surface area (Å²) in [6, 6.07) is 11.9. The van der Waals surface area contributed by atoms with Crippen LogP contribution in [0.3, 0.4) is 0 Å². The van der Waals surface area contributed by atoms with E-state index in [4.69, 9.17) is 18.9 Å². The van der Waals surface area contributed by atoms with E-state index < -0.39 is 12.1 Å². The van der Waals surface area contributed by atoms with E-state index >= 15 is 0 Å². The van der Waals surface area contributed by atoms with Crippen molar-refractivity contribution in [1.29, 1.82) is 0 Å². The first-order valence-corrected chi connectivity index (χ1v) is 13.4. The summed E-state index contributed by atoms with van der Waals surface area (Å²) in [5.41, 5.74) is 1.26. The number of carbonyl (C=O) groups is 2. The molecule has 38 heavy (non-hydrogen) atoms. The number of hydrogen-bond acceptors (Lipinski definition) is 8. The molecule has 2 heterocycles. The second-order valence-electron chi connectivity index (χ2n) is 9.67. The highest BCUT2D eigenvalue weighted by Crippen LogP contribution is 2.33. The Labute approximate surface area is 224 Å². The molecule has 2 aromatic carbocycles. The molecule has 4 rings (SSSR count). The summed E-state index contributed by atoms with van der Waals surface area (Å²) in [6.07, 6.45) is 2.22. The fourth-order valence-corrected chi connectivity index (χ4v) is 4.76. The molecule has 2 atom stereocenters. The highest BCUT2D eigenvalue weighted by molar-refractivity contribution is 5.96. The monoisotopic (exact) mass is 526 g/mol. The van der Waals surface area contributed by atoms with Crippen LogP contribution in [0.1, 0.15) is 54.1 Å². The van der Waals surface area contributed by atoms with E-state index in [0.29, 0.717) is 67.8 Å². The first-order chi connectivity index (χ1) is 18.5. The van der Waals surface area contributed by atoms with Gasteiger partial charge in [-0.05, 0) is 74.3 Å². The number of aliphatic hydroxyl groups is 1. The van der Waals surface area contributed by atoms with Crippen molar-refractivity contribution < 1.29 is 33.6 Å². The first kappa shape index (κ1) is 27.9. The van der Waals surface area contributed by atoms with Crippen LogP contribution in [0.2, 0.25) is 0 Å². The molecule has 9 heteroatoms. The summed E-state index contributed by atoms with van der Waals surface area (Å²) >= 11 is 0. The molecule has 1 saturated heterocycles. The molecule has 1 fully saturated rings. The summed E-state index contributed by atoms with van der Waals surface area (Å²) < 4.78 is 21.8. The largest absolute Gasteiger partial charge is 0.491 e. The molecule has 0 saturated carbocycles. The number of ether oxygens (including phenoxy) is 4. The molecule has 1 amide bonds. The number of hydrogen-bond donors (Lipinski definition) is 2. The molecular formula is C29H38N2O7. The lowest BCUT2D eigenvalue weighted by atomic mass is 10.00. The van der Waals surface area contributed by atoms with Crippen LogP contribution in [0.15, 0.2) is 42.5 Å². The highest BCUT2D eigenvalue weighted by atomic mass is 16.6. The third-order valence-electron chi connectivity index (χ3n) is 6.83. The second kappa shape index (κ2) is 14.1. The Morgan fingerprint density at radius 2 is 1.74 bits per heavy atom.